The van der Waals surface area contributed by atoms with Crippen LogP contribution in [0.1, 0.15) is 45.6 Å². The Labute approximate surface area is 278 Å². The van der Waals surface area contributed by atoms with Gasteiger partial charge in [0.1, 0.15) is 11.4 Å². The molecule has 0 aliphatic carbocycles. The minimum Gasteiger partial charge on any atom is -0.444 e. The number of aliphatic hydroxyl groups is 1. The molecule has 2 saturated heterocycles. The van der Waals surface area contributed by atoms with E-state index in [1.54, 1.807) is 11.1 Å². The smallest absolute Gasteiger partial charge is 0.410 e. The number of anilines is 3. The molecule has 2 aromatic heterocycles. The van der Waals surface area contributed by atoms with Crippen molar-refractivity contribution in [3.8, 4) is 11.3 Å². The van der Waals surface area contributed by atoms with Crippen LogP contribution < -0.4 is 15.5 Å². The molecular weight excluding hydrogens is 604 g/mol. The molecule has 4 heterocycles. The highest BCUT2D eigenvalue weighted by Gasteiger charge is 2.28. The van der Waals surface area contributed by atoms with E-state index in [2.05, 4.69) is 30.4 Å². The Balaban J connectivity index is 0.00000480. The summed E-state index contributed by atoms with van der Waals surface area (Å²) in [6.07, 6.45) is 6.25. The van der Waals surface area contributed by atoms with Crippen LogP contribution in [-0.4, -0.2) is 99.3 Å². The van der Waals surface area contributed by atoms with Crippen LogP contribution in [0, 0.1) is 0 Å². The van der Waals surface area contributed by atoms with E-state index in [9.17, 15) is 14.7 Å². The van der Waals surface area contributed by atoms with Gasteiger partial charge in [-0.15, -0.1) is 0 Å². The normalized spacial score (nSPS) is 16.9. The topological polar surface area (TPSA) is 136 Å². The maximum atomic E-state index is 12.7. The van der Waals surface area contributed by atoms with Crippen LogP contribution in [0.15, 0.2) is 54.9 Å². The monoisotopic (exact) mass is 650 g/mol. The zero-order chi connectivity index (χ0) is 31.8. The molecule has 248 valence electrons. The number of ether oxygens (including phenoxy) is 1. The predicted octanol–water partition coefficient (Wildman–Crippen LogP) is 3.92. The van der Waals surface area contributed by atoms with Gasteiger partial charge in [0.2, 0.25) is 11.9 Å². The maximum absolute atomic E-state index is 12.7. The van der Waals surface area contributed by atoms with E-state index in [4.69, 9.17) is 9.72 Å². The average molecular weight is 651 g/mol. The number of nitrogens with zero attached hydrogens (tertiary/aromatic N) is 6. The van der Waals surface area contributed by atoms with Crippen molar-refractivity contribution in [3.05, 3.63) is 60.4 Å². The Morgan fingerprint density at radius 3 is 2.57 bits per heavy atom. The summed E-state index contributed by atoms with van der Waals surface area (Å²) in [5, 5.41) is 15.7. The van der Waals surface area contributed by atoms with Crippen LogP contribution in [0.25, 0.3) is 11.3 Å². The van der Waals surface area contributed by atoms with Gasteiger partial charge in [-0.1, -0.05) is 12.1 Å². The summed E-state index contributed by atoms with van der Waals surface area (Å²) in [5.41, 5.74) is 2.76. The summed E-state index contributed by atoms with van der Waals surface area (Å²) in [7, 11) is 0. The Bertz CT molecular complexity index is 1440. The lowest BCUT2D eigenvalue weighted by Gasteiger charge is -2.35. The number of carbonyl (C=O) groups excluding carboxylic acids is 2. The molecule has 0 saturated carbocycles. The fourth-order valence-corrected chi connectivity index (χ4v) is 5.65. The molecule has 1 unspecified atom stereocenters. The number of aliphatic hydroxyl groups excluding tert-OH is 1. The number of carbonyl (C=O) groups is 2. The highest BCUT2D eigenvalue weighted by molar-refractivity contribution is 7.59. The molecule has 12 nitrogen and oxygen atoms in total. The van der Waals surface area contributed by atoms with Gasteiger partial charge in [0.05, 0.1) is 18.8 Å². The van der Waals surface area contributed by atoms with Crippen molar-refractivity contribution >= 4 is 42.9 Å². The van der Waals surface area contributed by atoms with E-state index in [1.807, 2.05) is 69.4 Å². The van der Waals surface area contributed by atoms with Gasteiger partial charge in [0.15, 0.2) is 0 Å². The van der Waals surface area contributed by atoms with Crippen molar-refractivity contribution in [2.75, 3.05) is 56.0 Å². The van der Waals surface area contributed by atoms with Gasteiger partial charge in [0.25, 0.3) is 0 Å². The van der Waals surface area contributed by atoms with Crippen LogP contribution >= 0.6 is 13.5 Å². The molecule has 0 spiro atoms. The highest BCUT2D eigenvalue weighted by atomic mass is 32.1. The Hall–Kier alpha value is -3.94. The molecule has 2 fully saturated rings. The second-order valence-electron chi connectivity index (χ2n) is 12.5. The molecule has 13 heteroatoms. The number of rotatable bonds is 10. The molecule has 2 aliphatic heterocycles. The van der Waals surface area contributed by atoms with Gasteiger partial charge >= 0.3 is 6.09 Å². The quantitative estimate of drug-likeness (QED) is 0.296. The third kappa shape index (κ3) is 9.78. The number of benzene rings is 1. The first kappa shape index (κ1) is 34.9. The van der Waals surface area contributed by atoms with E-state index in [0.29, 0.717) is 51.3 Å². The van der Waals surface area contributed by atoms with Gasteiger partial charge in [-0.25, -0.2) is 19.7 Å². The van der Waals surface area contributed by atoms with Crippen molar-refractivity contribution in [1.29, 1.82) is 0 Å². The lowest BCUT2D eigenvalue weighted by molar-refractivity contribution is -0.122. The van der Waals surface area contributed by atoms with E-state index >= 15 is 0 Å². The van der Waals surface area contributed by atoms with Crippen LogP contribution in [-0.2, 0) is 16.1 Å². The van der Waals surface area contributed by atoms with Gasteiger partial charge < -0.3 is 30.3 Å². The molecular formula is C33H46N8O4S. The molecule has 5 rings (SSSR count). The molecule has 0 radical (unpaired) electrons. The Morgan fingerprint density at radius 1 is 1.04 bits per heavy atom. The highest BCUT2D eigenvalue weighted by Crippen LogP contribution is 2.27. The predicted molar refractivity (Wildman–Crippen MR) is 184 cm³/mol. The van der Waals surface area contributed by atoms with Gasteiger partial charge in [-0.05, 0) is 75.9 Å². The first-order chi connectivity index (χ1) is 21.7. The number of piperazine rings is 1. The number of amides is 2. The molecule has 2 amide bonds. The van der Waals surface area contributed by atoms with Crippen molar-refractivity contribution in [2.45, 2.75) is 58.3 Å². The largest absolute Gasteiger partial charge is 0.444 e. The zero-order valence-corrected chi connectivity index (χ0v) is 27.9. The molecule has 0 bridgehead atoms. The number of hydrogen-bond donors (Lipinski definition) is 3. The van der Waals surface area contributed by atoms with Gasteiger partial charge in [-0.2, -0.15) is 13.5 Å². The van der Waals surface area contributed by atoms with Crippen molar-refractivity contribution < 1.29 is 19.4 Å². The fourth-order valence-electron chi connectivity index (χ4n) is 5.65. The standard InChI is InChI=1S/C33H44N8O4.H2S/c1-33(2,3)45-32(44)40-18-16-39(17-19-40)22-30(43)34-13-11-27-8-5-15-41(27)29-10-9-25(21-36-29)28-12-14-35-31(38-28)37-26-7-4-6-24(20-26)23-42;/h4,6-7,9-10,12,14,20-21,27,42H,5,8,11,13,15-19,22-23H2,1-3H3,(H,34,43)(H,35,37,38);1H2. The lowest BCUT2D eigenvalue weighted by Crippen LogP contribution is -2.52. The molecule has 46 heavy (non-hydrogen) atoms. The first-order valence-electron chi connectivity index (χ1n) is 15.7. The number of aromatic nitrogens is 3. The minimum atomic E-state index is -0.515. The lowest BCUT2D eigenvalue weighted by atomic mass is 10.1. The van der Waals surface area contributed by atoms with Gasteiger partial charge in [0, 0.05) is 69.0 Å². The van der Waals surface area contributed by atoms with E-state index in [1.165, 1.54) is 0 Å². The summed E-state index contributed by atoms with van der Waals surface area (Å²) in [6, 6.07) is 13.7. The van der Waals surface area contributed by atoms with Crippen molar-refractivity contribution in [3.63, 3.8) is 0 Å². The number of pyridine rings is 1. The minimum absolute atomic E-state index is 0. The summed E-state index contributed by atoms with van der Waals surface area (Å²) < 4.78 is 5.46. The average Bonchev–Trinajstić information content (AvgIpc) is 3.49. The molecule has 3 N–H and O–H groups in total. The van der Waals surface area contributed by atoms with Crippen LogP contribution in [0.3, 0.4) is 0 Å². The second kappa shape index (κ2) is 16.1. The van der Waals surface area contributed by atoms with Gasteiger partial charge in [-0.3, -0.25) is 9.69 Å². The van der Waals surface area contributed by atoms with E-state index in [-0.39, 0.29) is 32.1 Å². The molecule has 2 aliphatic rings. The van der Waals surface area contributed by atoms with Crippen molar-refractivity contribution in [2.24, 2.45) is 0 Å². The summed E-state index contributed by atoms with van der Waals surface area (Å²) in [5.74, 6) is 1.40. The summed E-state index contributed by atoms with van der Waals surface area (Å²) in [6.45, 7) is 9.83. The molecule has 1 aromatic carbocycles. The Kier molecular flexibility index (Phi) is 12.2. The Morgan fingerprint density at radius 2 is 1.85 bits per heavy atom. The first-order valence-corrected chi connectivity index (χ1v) is 15.7. The van der Waals surface area contributed by atoms with Crippen molar-refractivity contribution in [1.82, 2.24) is 30.1 Å². The van der Waals surface area contributed by atoms with Crippen LogP contribution in [0.2, 0.25) is 0 Å². The number of nitrogens with one attached hydrogen (secondary N) is 2. The zero-order valence-electron chi connectivity index (χ0n) is 26.9. The summed E-state index contributed by atoms with van der Waals surface area (Å²) >= 11 is 0. The molecule has 1 atom stereocenters. The molecule has 3 aromatic rings. The second-order valence-corrected chi connectivity index (χ2v) is 12.5. The summed E-state index contributed by atoms with van der Waals surface area (Å²) in [4.78, 5) is 44.8. The van der Waals surface area contributed by atoms with E-state index in [0.717, 1.165) is 54.1 Å². The SMILES string of the molecule is CC(C)(C)OC(=O)N1CCN(CC(=O)NCCC2CCCN2c2ccc(-c3ccnc(Nc4cccc(CO)c4)n3)cn2)CC1.S. The van der Waals surface area contributed by atoms with Crippen LogP contribution in [0.5, 0.6) is 0 Å². The van der Waals surface area contributed by atoms with E-state index < -0.39 is 5.60 Å². The fraction of sp³-hybridized carbons (Fsp3) is 0.485. The maximum Gasteiger partial charge on any atom is 0.410 e. The third-order valence-corrected chi connectivity index (χ3v) is 7.93. The van der Waals surface area contributed by atoms with Crippen LogP contribution in [0.4, 0.5) is 22.2 Å². The third-order valence-electron chi connectivity index (χ3n) is 7.93. The number of hydrogen-bond acceptors (Lipinski definition) is 10.